The Kier molecular flexibility index (Phi) is 5.93. The first-order valence-corrected chi connectivity index (χ1v) is 12.6. The fraction of sp³-hybridized carbons (Fsp3) is 0.161. The molecule has 5 nitrogen and oxygen atoms in total. The van der Waals surface area contributed by atoms with Gasteiger partial charge in [-0.2, -0.15) is 0 Å². The van der Waals surface area contributed by atoms with E-state index in [9.17, 15) is 9.59 Å². The van der Waals surface area contributed by atoms with Crippen LogP contribution in [0.5, 0.6) is 11.5 Å². The van der Waals surface area contributed by atoms with Crippen molar-refractivity contribution >= 4 is 45.4 Å². The molecule has 1 N–H and O–H groups in total. The maximum absolute atomic E-state index is 13.3. The van der Waals surface area contributed by atoms with E-state index in [-0.39, 0.29) is 11.8 Å². The molecular weight excluding hydrogens is 486 g/mol. The third-order valence-electron chi connectivity index (χ3n) is 7.08. The number of ether oxygens (including phenoxy) is 2. The fourth-order valence-corrected chi connectivity index (χ4v) is 5.47. The third kappa shape index (κ3) is 4.15. The van der Waals surface area contributed by atoms with Crippen LogP contribution in [0, 0.1) is 0 Å². The molecule has 6 heteroatoms. The van der Waals surface area contributed by atoms with Crippen LogP contribution >= 0.6 is 11.6 Å². The lowest BCUT2D eigenvalue weighted by atomic mass is 9.77. The van der Waals surface area contributed by atoms with Crippen molar-refractivity contribution < 1.29 is 19.1 Å². The van der Waals surface area contributed by atoms with Gasteiger partial charge in [0.1, 0.15) is 0 Å². The van der Waals surface area contributed by atoms with Crippen LogP contribution in [0.4, 0.5) is 5.69 Å². The third-order valence-corrected chi connectivity index (χ3v) is 7.33. The second-order valence-electron chi connectivity index (χ2n) is 9.26. The van der Waals surface area contributed by atoms with E-state index in [1.54, 1.807) is 30.3 Å². The summed E-state index contributed by atoms with van der Waals surface area (Å²) in [4.78, 5) is 26.0. The number of carbonyl (C=O) groups is 2. The number of esters is 1. The number of Topliss-reactive ketones (excluding diaryl/α,β-unsaturated/α-hetero) is 1. The zero-order valence-corrected chi connectivity index (χ0v) is 21.0. The minimum atomic E-state index is -0.508. The molecule has 37 heavy (non-hydrogen) atoms. The predicted octanol–water partition coefficient (Wildman–Crippen LogP) is 7.39. The van der Waals surface area contributed by atoms with E-state index >= 15 is 0 Å². The van der Waals surface area contributed by atoms with E-state index in [0.717, 1.165) is 51.6 Å². The van der Waals surface area contributed by atoms with Crippen molar-refractivity contribution in [3.8, 4) is 11.5 Å². The average Bonchev–Trinajstić information content (AvgIpc) is 2.93. The first kappa shape index (κ1) is 23.3. The maximum atomic E-state index is 13.3. The highest BCUT2D eigenvalue weighted by atomic mass is 35.5. The highest BCUT2D eigenvalue weighted by molar-refractivity contribution is 6.30. The van der Waals surface area contributed by atoms with E-state index in [2.05, 4.69) is 29.6 Å². The lowest BCUT2D eigenvalue weighted by Crippen LogP contribution is -2.27. The molecule has 0 bridgehead atoms. The summed E-state index contributed by atoms with van der Waals surface area (Å²) < 4.78 is 11.2. The summed E-state index contributed by atoms with van der Waals surface area (Å²) in [7, 11) is 1.53. The van der Waals surface area contributed by atoms with Crippen LogP contribution in [0.1, 0.15) is 46.8 Å². The summed E-state index contributed by atoms with van der Waals surface area (Å²) in [6.07, 6.45) is 2.23. The number of hydrogen-bond donors (Lipinski definition) is 1. The molecule has 0 radical (unpaired) electrons. The van der Waals surface area contributed by atoms with Crippen molar-refractivity contribution in [1.82, 2.24) is 0 Å². The Morgan fingerprint density at radius 2 is 1.76 bits per heavy atom. The van der Waals surface area contributed by atoms with Crippen molar-refractivity contribution in [1.29, 1.82) is 0 Å². The second kappa shape index (κ2) is 9.41. The van der Waals surface area contributed by atoms with Crippen molar-refractivity contribution in [2.45, 2.75) is 25.3 Å². The second-order valence-corrected chi connectivity index (χ2v) is 9.70. The monoisotopic (exact) mass is 509 g/mol. The molecule has 1 aliphatic heterocycles. The number of benzene rings is 4. The normalized spacial score (nSPS) is 16.6. The Bertz CT molecular complexity index is 1590. The molecule has 0 aromatic heterocycles. The number of hydrogen-bond acceptors (Lipinski definition) is 5. The lowest BCUT2D eigenvalue weighted by Gasteiger charge is -2.35. The number of anilines is 1. The summed E-state index contributed by atoms with van der Waals surface area (Å²) in [5, 5.41) is 6.46. The Balaban J connectivity index is 1.40. The van der Waals surface area contributed by atoms with Gasteiger partial charge < -0.3 is 14.8 Å². The average molecular weight is 510 g/mol. The summed E-state index contributed by atoms with van der Waals surface area (Å²) in [6, 6.07) is 24.1. The summed E-state index contributed by atoms with van der Waals surface area (Å²) >= 11 is 5.93. The van der Waals surface area contributed by atoms with Gasteiger partial charge in [0.05, 0.1) is 18.7 Å². The van der Waals surface area contributed by atoms with E-state index in [0.29, 0.717) is 28.5 Å². The molecule has 0 unspecified atom stereocenters. The lowest BCUT2D eigenvalue weighted by molar-refractivity contribution is -0.116. The fourth-order valence-electron chi connectivity index (χ4n) is 5.35. The van der Waals surface area contributed by atoms with Gasteiger partial charge in [-0.25, -0.2) is 4.79 Å². The molecule has 1 atom stereocenters. The molecular formula is C31H24ClNO4. The molecule has 0 fully saturated rings. The Morgan fingerprint density at radius 3 is 2.57 bits per heavy atom. The first-order valence-electron chi connectivity index (χ1n) is 12.2. The van der Waals surface area contributed by atoms with Gasteiger partial charge in [-0.15, -0.1) is 0 Å². The van der Waals surface area contributed by atoms with Crippen molar-refractivity contribution in [2.75, 3.05) is 12.4 Å². The van der Waals surface area contributed by atoms with Gasteiger partial charge in [-0.1, -0.05) is 48.0 Å². The quantitative estimate of drug-likeness (QED) is 0.229. The number of carbonyl (C=O) groups excluding carboxylic acids is 2. The number of ketones is 1. The van der Waals surface area contributed by atoms with Crippen molar-refractivity contribution in [3.63, 3.8) is 0 Å². The van der Waals surface area contributed by atoms with Crippen molar-refractivity contribution in [2.24, 2.45) is 0 Å². The number of fused-ring (bicyclic) bond motifs is 4. The number of nitrogens with one attached hydrogen (secondary N) is 1. The Labute approximate surface area is 219 Å². The number of rotatable bonds is 4. The molecule has 0 spiro atoms. The van der Waals surface area contributed by atoms with Crippen molar-refractivity contribution in [3.05, 3.63) is 106 Å². The van der Waals surface area contributed by atoms with Gasteiger partial charge >= 0.3 is 5.97 Å². The van der Waals surface area contributed by atoms with Gasteiger partial charge in [0.15, 0.2) is 17.3 Å². The Morgan fingerprint density at radius 1 is 0.946 bits per heavy atom. The minimum Gasteiger partial charge on any atom is -0.493 e. The van der Waals surface area contributed by atoms with E-state index in [4.69, 9.17) is 21.1 Å². The molecule has 4 aromatic rings. The van der Waals surface area contributed by atoms with Gasteiger partial charge in [0.2, 0.25) is 0 Å². The zero-order valence-electron chi connectivity index (χ0n) is 20.2. The summed E-state index contributed by atoms with van der Waals surface area (Å²) in [6.45, 7) is 0. The molecule has 2 aliphatic rings. The van der Waals surface area contributed by atoms with Crippen LogP contribution in [-0.4, -0.2) is 18.9 Å². The smallest absolute Gasteiger partial charge is 0.343 e. The summed E-state index contributed by atoms with van der Waals surface area (Å²) in [5.74, 6) is 0.371. The number of methoxy groups -OCH3 is 1. The minimum absolute atomic E-state index is 0.162. The largest absolute Gasteiger partial charge is 0.493 e. The van der Waals surface area contributed by atoms with Gasteiger partial charge in [0, 0.05) is 28.3 Å². The number of halogens is 1. The summed E-state index contributed by atoms with van der Waals surface area (Å²) in [5.41, 5.74) is 5.31. The van der Waals surface area contributed by atoms with E-state index in [1.807, 2.05) is 24.3 Å². The SMILES string of the molecule is COc1cc([C@@H]2Nc3ccc4ccccc4c3C3=C2C(=O)CCC3)ccc1OC(=O)c1ccc(Cl)cc1. The molecule has 0 saturated heterocycles. The molecule has 6 rings (SSSR count). The van der Waals surface area contributed by atoms with E-state index < -0.39 is 5.97 Å². The van der Waals surface area contributed by atoms with Crippen LogP contribution in [0.25, 0.3) is 16.3 Å². The molecule has 0 saturated carbocycles. The molecule has 1 aliphatic carbocycles. The molecule has 184 valence electrons. The van der Waals surface area contributed by atoms with Crippen LogP contribution in [0.3, 0.4) is 0 Å². The highest BCUT2D eigenvalue weighted by Gasteiger charge is 2.35. The van der Waals surface area contributed by atoms with E-state index in [1.165, 1.54) is 7.11 Å². The van der Waals surface area contributed by atoms with Gasteiger partial charge in [-0.05, 0) is 77.2 Å². The zero-order chi connectivity index (χ0) is 25.5. The van der Waals surface area contributed by atoms with Gasteiger partial charge in [-0.3, -0.25) is 4.79 Å². The standard InChI is InChI=1S/C31H24ClNO4/c1-36-27-17-20(12-16-26(27)37-31(35)19-9-13-21(32)14-10-19)30-29-23(7-4-8-25(29)34)28-22-6-3-2-5-18(22)11-15-24(28)33-30/h2-3,5-6,9-17,30,33H,4,7-8H2,1H3/t30-/m0/s1. The van der Waals surface area contributed by atoms with Crippen LogP contribution < -0.4 is 14.8 Å². The Hall–Kier alpha value is -4.09. The number of allylic oxidation sites excluding steroid dienone is 1. The topological polar surface area (TPSA) is 64.6 Å². The van der Waals surface area contributed by atoms with Gasteiger partial charge in [0.25, 0.3) is 0 Å². The highest BCUT2D eigenvalue weighted by Crippen LogP contribution is 2.48. The predicted molar refractivity (Wildman–Crippen MR) is 145 cm³/mol. The molecule has 1 heterocycles. The molecule has 4 aromatic carbocycles. The van der Waals surface area contributed by atoms with Crippen LogP contribution in [0.15, 0.2) is 84.4 Å². The van der Waals surface area contributed by atoms with Crippen LogP contribution in [-0.2, 0) is 4.79 Å². The maximum Gasteiger partial charge on any atom is 0.343 e. The van der Waals surface area contributed by atoms with Crippen LogP contribution in [0.2, 0.25) is 5.02 Å². The molecule has 0 amide bonds. The first-order chi connectivity index (χ1) is 18.0.